The summed E-state index contributed by atoms with van der Waals surface area (Å²) in [6, 6.07) is 4.53. The number of nitrogens with one attached hydrogen (secondary N) is 2. The van der Waals surface area contributed by atoms with Crippen LogP contribution in [0.25, 0.3) is 0 Å². The van der Waals surface area contributed by atoms with Gasteiger partial charge < -0.3 is 15.5 Å². The minimum absolute atomic E-state index is 0.0309. The first-order valence-electron chi connectivity index (χ1n) is 6.50. The first kappa shape index (κ1) is 17.6. The fourth-order valence-corrected chi connectivity index (χ4v) is 2.04. The van der Waals surface area contributed by atoms with Crippen LogP contribution in [-0.4, -0.2) is 43.4 Å². The summed E-state index contributed by atoms with van der Waals surface area (Å²) in [6.07, 6.45) is 0.271. The molecule has 0 radical (unpaired) electrons. The minimum atomic E-state index is -0.474. The van der Waals surface area contributed by atoms with Crippen LogP contribution in [0.3, 0.4) is 0 Å². The number of carbonyl (C=O) groups is 2. The van der Waals surface area contributed by atoms with Gasteiger partial charge in [-0.05, 0) is 25.1 Å². The number of nitrogens with zero attached hydrogens (tertiary/aromatic N) is 1. The monoisotopic (exact) mass is 331 g/mol. The van der Waals surface area contributed by atoms with Crippen molar-refractivity contribution >= 4 is 40.7 Å². The third kappa shape index (κ3) is 5.81. The molecule has 1 atom stereocenters. The summed E-state index contributed by atoms with van der Waals surface area (Å²) in [6.45, 7) is 2.02. The molecular formula is C14H19Cl2N3O2. The zero-order valence-corrected chi connectivity index (χ0v) is 13.8. The van der Waals surface area contributed by atoms with Crippen molar-refractivity contribution in [2.75, 3.05) is 26.0 Å². The summed E-state index contributed by atoms with van der Waals surface area (Å²) in [7, 11) is 3.35. The molecule has 21 heavy (non-hydrogen) atoms. The molecule has 5 nitrogen and oxygen atoms in total. The fourth-order valence-electron chi connectivity index (χ4n) is 1.57. The Hall–Kier alpha value is -1.46. The number of carbonyl (C=O) groups excluding carboxylic acids is 2. The molecule has 2 amide bonds. The molecule has 0 saturated heterocycles. The van der Waals surface area contributed by atoms with E-state index in [9.17, 15) is 9.59 Å². The van der Waals surface area contributed by atoms with Crippen molar-refractivity contribution < 1.29 is 9.59 Å². The van der Waals surface area contributed by atoms with E-state index in [2.05, 4.69) is 10.6 Å². The van der Waals surface area contributed by atoms with Crippen LogP contribution in [0.5, 0.6) is 0 Å². The maximum atomic E-state index is 11.9. The summed E-state index contributed by atoms with van der Waals surface area (Å²) >= 11 is 11.8. The number of benzene rings is 1. The van der Waals surface area contributed by atoms with Gasteiger partial charge in [0.2, 0.25) is 11.8 Å². The third-order valence-corrected chi connectivity index (χ3v) is 3.38. The highest BCUT2D eigenvalue weighted by Crippen LogP contribution is 2.25. The number of hydrogen-bond acceptors (Lipinski definition) is 3. The van der Waals surface area contributed by atoms with Crippen LogP contribution >= 0.6 is 23.2 Å². The number of halogens is 2. The van der Waals surface area contributed by atoms with Crippen LogP contribution in [0, 0.1) is 0 Å². The van der Waals surface area contributed by atoms with Crippen molar-refractivity contribution in [1.29, 1.82) is 0 Å². The number of hydrogen-bond donors (Lipinski definition) is 2. The second kappa shape index (κ2) is 8.10. The highest BCUT2D eigenvalue weighted by molar-refractivity contribution is 6.36. The Labute approximate surface area is 134 Å². The van der Waals surface area contributed by atoms with Gasteiger partial charge in [0.15, 0.2) is 0 Å². The van der Waals surface area contributed by atoms with E-state index in [-0.39, 0.29) is 18.2 Å². The molecule has 1 aromatic rings. The van der Waals surface area contributed by atoms with Crippen LogP contribution in [0.2, 0.25) is 10.0 Å². The number of anilines is 1. The van der Waals surface area contributed by atoms with Gasteiger partial charge in [0.25, 0.3) is 0 Å². The molecule has 0 heterocycles. The maximum Gasteiger partial charge on any atom is 0.242 e. The van der Waals surface area contributed by atoms with Gasteiger partial charge in [0.1, 0.15) is 6.04 Å². The lowest BCUT2D eigenvalue weighted by molar-refractivity contribution is -0.128. The topological polar surface area (TPSA) is 61.4 Å². The second-order valence-electron chi connectivity index (χ2n) is 4.82. The molecule has 2 N–H and O–H groups in total. The summed E-state index contributed by atoms with van der Waals surface area (Å²) in [4.78, 5) is 24.8. The molecule has 1 rings (SSSR count). The average Bonchev–Trinajstić information content (AvgIpc) is 2.41. The summed E-state index contributed by atoms with van der Waals surface area (Å²) in [5, 5.41) is 6.68. The van der Waals surface area contributed by atoms with E-state index in [0.29, 0.717) is 22.3 Å². The average molecular weight is 332 g/mol. The highest BCUT2D eigenvalue weighted by atomic mass is 35.5. The lowest BCUT2D eigenvalue weighted by Gasteiger charge is -2.17. The largest absolute Gasteiger partial charge is 0.373 e. The van der Waals surface area contributed by atoms with Crippen LogP contribution in [0.15, 0.2) is 18.2 Å². The SMILES string of the molecule is C[C@@H](Nc1ccc(Cl)cc1Cl)C(=O)NCCC(=O)N(C)C. The predicted molar refractivity (Wildman–Crippen MR) is 85.9 cm³/mol. The molecule has 1 aromatic carbocycles. The van der Waals surface area contributed by atoms with Gasteiger partial charge in [-0.15, -0.1) is 0 Å². The van der Waals surface area contributed by atoms with Crippen molar-refractivity contribution in [1.82, 2.24) is 10.2 Å². The first-order chi connectivity index (χ1) is 9.81. The van der Waals surface area contributed by atoms with E-state index in [1.54, 1.807) is 39.2 Å². The molecule has 0 unspecified atom stereocenters. The Kier molecular flexibility index (Phi) is 6.78. The van der Waals surface area contributed by atoms with Gasteiger partial charge in [-0.2, -0.15) is 0 Å². The highest BCUT2D eigenvalue weighted by Gasteiger charge is 2.14. The van der Waals surface area contributed by atoms with Crippen molar-refractivity contribution in [2.45, 2.75) is 19.4 Å². The molecule has 0 aliphatic carbocycles. The van der Waals surface area contributed by atoms with Crippen LogP contribution in [-0.2, 0) is 9.59 Å². The molecule has 7 heteroatoms. The zero-order valence-electron chi connectivity index (χ0n) is 12.2. The molecule has 0 aliphatic heterocycles. The molecule has 0 spiro atoms. The first-order valence-corrected chi connectivity index (χ1v) is 7.26. The Morgan fingerprint density at radius 2 is 1.95 bits per heavy atom. The standard InChI is InChI=1S/C14H19Cl2N3O2/c1-9(14(21)17-7-6-13(20)19(2)3)18-12-5-4-10(15)8-11(12)16/h4-5,8-9,18H,6-7H2,1-3H3,(H,17,21)/t9-/m1/s1. The van der Waals surface area contributed by atoms with E-state index in [1.165, 1.54) is 4.90 Å². The van der Waals surface area contributed by atoms with Gasteiger partial charge in [-0.3, -0.25) is 9.59 Å². The number of amides is 2. The molecule has 0 aromatic heterocycles. The van der Waals surface area contributed by atoms with Crippen molar-refractivity contribution in [3.63, 3.8) is 0 Å². The predicted octanol–water partition coefficient (Wildman–Crippen LogP) is 2.39. The third-order valence-electron chi connectivity index (χ3n) is 2.83. The molecule has 0 saturated carbocycles. The molecular weight excluding hydrogens is 313 g/mol. The van der Waals surface area contributed by atoms with Crippen LogP contribution < -0.4 is 10.6 Å². The lowest BCUT2D eigenvalue weighted by atomic mass is 10.2. The summed E-state index contributed by atoms with van der Waals surface area (Å²) in [5.41, 5.74) is 0.632. The summed E-state index contributed by atoms with van der Waals surface area (Å²) in [5.74, 6) is -0.232. The van der Waals surface area contributed by atoms with Crippen LogP contribution in [0.4, 0.5) is 5.69 Å². The quantitative estimate of drug-likeness (QED) is 0.841. The zero-order chi connectivity index (χ0) is 16.0. The minimum Gasteiger partial charge on any atom is -0.373 e. The maximum absolute atomic E-state index is 11.9. The Balaban J connectivity index is 2.46. The van der Waals surface area contributed by atoms with Crippen molar-refractivity contribution in [3.8, 4) is 0 Å². The normalized spacial score (nSPS) is 11.7. The van der Waals surface area contributed by atoms with Gasteiger partial charge in [0.05, 0.1) is 10.7 Å². The Morgan fingerprint density at radius 3 is 2.52 bits per heavy atom. The lowest BCUT2D eigenvalue weighted by Crippen LogP contribution is -2.39. The number of rotatable bonds is 6. The van der Waals surface area contributed by atoms with Gasteiger partial charge >= 0.3 is 0 Å². The van der Waals surface area contributed by atoms with Gasteiger partial charge in [-0.1, -0.05) is 23.2 Å². The van der Waals surface area contributed by atoms with Crippen molar-refractivity contribution in [3.05, 3.63) is 28.2 Å². The van der Waals surface area contributed by atoms with Crippen LogP contribution in [0.1, 0.15) is 13.3 Å². The Morgan fingerprint density at radius 1 is 1.29 bits per heavy atom. The molecule has 0 bridgehead atoms. The summed E-state index contributed by atoms with van der Waals surface area (Å²) < 4.78 is 0. The van der Waals surface area contributed by atoms with E-state index in [4.69, 9.17) is 23.2 Å². The fraction of sp³-hybridized carbons (Fsp3) is 0.429. The second-order valence-corrected chi connectivity index (χ2v) is 5.66. The van der Waals surface area contributed by atoms with Gasteiger partial charge in [-0.25, -0.2) is 0 Å². The Bertz CT molecular complexity index is 521. The molecule has 0 fully saturated rings. The van der Waals surface area contributed by atoms with E-state index in [1.807, 2.05) is 0 Å². The van der Waals surface area contributed by atoms with Crippen molar-refractivity contribution in [2.24, 2.45) is 0 Å². The molecule has 0 aliphatic rings. The van der Waals surface area contributed by atoms with Gasteiger partial charge in [0, 0.05) is 32.1 Å². The smallest absolute Gasteiger partial charge is 0.242 e. The molecule has 116 valence electrons. The van der Waals surface area contributed by atoms with E-state index in [0.717, 1.165) is 0 Å². The van der Waals surface area contributed by atoms with E-state index >= 15 is 0 Å². The van der Waals surface area contributed by atoms with E-state index < -0.39 is 6.04 Å².